The maximum atomic E-state index is 12.5. The number of carbonyl (C=O) groups is 2. The fourth-order valence-corrected chi connectivity index (χ4v) is 4.91. The van der Waals surface area contributed by atoms with Gasteiger partial charge in [-0.25, -0.2) is 0 Å². The number of nitrogens with one attached hydrogen (secondary N) is 1. The monoisotopic (exact) mass is 401 g/mol. The molecule has 1 saturated heterocycles. The Morgan fingerprint density at radius 1 is 1.07 bits per heavy atom. The van der Waals surface area contributed by atoms with Crippen molar-refractivity contribution in [3.8, 4) is 0 Å². The van der Waals surface area contributed by atoms with Crippen LogP contribution in [0.1, 0.15) is 25.7 Å². The third-order valence-electron chi connectivity index (χ3n) is 6.35. The molecule has 2 bridgehead atoms. The number of carbonyl (C=O) groups excluding carboxylic acids is 2. The number of piperazine rings is 1. The lowest BCUT2D eigenvalue weighted by Gasteiger charge is -2.36. The minimum Gasteiger partial charge on any atom is -0.368 e. The maximum absolute atomic E-state index is 12.5. The quantitative estimate of drug-likeness (QED) is 0.745. The molecule has 3 aliphatic rings. The molecule has 2 fully saturated rings. The molecule has 1 aliphatic heterocycles. The Kier molecular flexibility index (Phi) is 5.90. The van der Waals surface area contributed by atoms with E-state index in [9.17, 15) is 9.59 Å². The second kappa shape index (κ2) is 8.56. The average Bonchev–Trinajstić information content (AvgIpc) is 3.34. The van der Waals surface area contributed by atoms with Crippen LogP contribution in [-0.4, -0.2) is 49.4 Å². The molecule has 1 aromatic rings. The van der Waals surface area contributed by atoms with Crippen LogP contribution in [0.5, 0.6) is 0 Å². The van der Waals surface area contributed by atoms with Crippen molar-refractivity contribution in [2.75, 3.05) is 37.6 Å². The van der Waals surface area contributed by atoms with E-state index < -0.39 is 0 Å². The summed E-state index contributed by atoms with van der Waals surface area (Å²) >= 11 is 6.07. The van der Waals surface area contributed by atoms with Gasteiger partial charge >= 0.3 is 0 Å². The first-order valence-corrected chi connectivity index (χ1v) is 10.7. The van der Waals surface area contributed by atoms with E-state index in [1.807, 2.05) is 29.2 Å². The van der Waals surface area contributed by atoms with Crippen molar-refractivity contribution in [1.82, 2.24) is 10.2 Å². The minimum atomic E-state index is -0.00216. The van der Waals surface area contributed by atoms with Crippen molar-refractivity contribution in [3.63, 3.8) is 0 Å². The molecule has 150 valence electrons. The van der Waals surface area contributed by atoms with Gasteiger partial charge < -0.3 is 15.1 Å². The van der Waals surface area contributed by atoms with Crippen LogP contribution in [0.2, 0.25) is 5.02 Å². The van der Waals surface area contributed by atoms with Gasteiger partial charge in [0.05, 0.1) is 0 Å². The third-order valence-corrected chi connectivity index (χ3v) is 6.58. The van der Waals surface area contributed by atoms with Crippen LogP contribution in [0.3, 0.4) is 0 Å². The Bertz CT molecular complexity index is 758. The van der Waals surface area contributed by atoms with Gasteiger partial charge in [0.15, 0.2) is 0 Å². The summed E-state index contributed by atoms with van der Waals surface area (Å²) in [6.45, 7) is 3.69. The molecule has 1 aromatic carbocycles. The van der Waals surface area contributed by atoms with Crippen molar-refractivity contribution in [2.45, 2.75) is 25.7 Å². The van der Waals surface area contributed by atoms with Crippen molar-refractivity contribution in [2.24, 2.45) is 17.8 Å². The molecule has 1 saturated carbocycles. The molecule has 28 heavy (non-hydrogen) atoms. The molecule has 0 unspecified atom stereocenters. The van der Waals surface area contributed by atoms with Crippen molar-refractivity contribution in [3.05, 3.63) is 41.4 Å². The zero-order valence-electron chi connectivity index (χ0n) is 16.1. The molecule has 3 atom stereocenters. The molecular weight excluding hydrogens is 374 g/mol. The van der Waals surface area contributed by atoms with E-state index in [2.05, 4.69) is 22.4 Å². The highest BCUT2D eigenvalue weighted by atomic mass is 35.5. The predicted molar refractivity (Wildman–Crippen MR) is 111 cm³/mol. The summed E-state index contributed by atoms with van der Waals surface area (Å²) in [5, 5.41) is 3.76. The predicted octanol–water partition coefficient (Wildman–Crippen LogP) is 3.10. The molecule has 5 nitrogen and oxygen atoms in total. The second-order valence-electron chi connectivity index (χ2n) is 8.19. The summed E-state index contributed by atoms with van der Waals surface area (Å²) in [5.41, 5.74) is 1.09. The number of amides is 2. The third kappa shape index (κ3) is 4.52. The molecule has 1 heterocycles. The van der Waals surface area contributed by atoms with E-state index in [0.29, 0.717) is 31.3 Å². The smallest absolute Gasteiger partial charge is 0.223 e. The number of allylic oxidation sites excluding steroid dienone is 2. The highest BCUT2D eigenvalue weighted by molar-refractivity contribution is 6.30. The summed E-state index contributed by atoms with van der Waals surface area (Å²) < 4.78 is 0. The van der Waals surface area contributed by atoms with Crippen LogP contribution in [0.15, 0.2) is 36.4 Å². The number of nitrogens with zero attached hydrogens (tertiary/aromatic N) is 2. The van der Waals surface area contributed by atoms with Crippen LogP contribution >= 0.6 is 11.6 Å². The normalized spacial score (nSPS) is 26.0. The Labute approximate surface area is 171 Å². The van der Waals surface area contributed by atoms with E-state index in [-0.39, 0.29) is 18.2 Å². The van der Waals surface area contributed by atoms with E-state index in [4.69, 9.17) is 11.6 Å². The highest BCUT2D eigenvalue weighted by Gasteiger charge is 2.35. The maximum Gasteiger partial charge on any atom is 0.223 e. The van der Waals surface area contributed by atoms with Gasteiger partial charge in [-0.3, -0.25) is 9.59 Å². The SMILES string of the molecule is O=C(CCC(=O)N1CCN(c2cccc(Cl)c2)CC1)NC[C@H]1C[C@H]2C=C[C@H]1C2. The molecule has 0 radical (unpaired) electrons. The summed E-state index contributed by atoms with van der Waals surface area (Å²) in [7, 11) is 0. The Morgan fingerprint density at radius 3 is 2.57 bits per heavy atom. The fourth-order valence-electron chi connectivity index (χ4n) is 4.73. The van der Waals surface area contributed by atoms with Gasteiger partial charge in [-0.15, -0.1) is 0 Å². The van der Waals surface area contributed by atoms with Crippen LogP contribution in [-0.2, 0) is 9.59 Å². The number of hydrogen-bond acceptors (Lipinski definition) is 3. The van der Waals surface area contributed by atoms with Crippen molar-refractivity contribution >= 4 is 29.1 Å². The van der Waals surface area contributed by atoms with Crippen molar-refractivity contribution < 1.29 is 9.59 Å². The van der Waals surface area contributed by atoms with Crippen molar-refractivity contribution in [1.29, 1.82) is 0 Å². The molecule has 0 spiro atoms. The number of benzene rings is 1. The summed E-state index contributed by atoms with van der Waals surface area (Å²) in [5.74, 6) is 2.01. The van der Waals surface area contributed by atoms with E-state index in [0.717, 1.165) is 36.3 Å². The lowest BCUT2D eigenvalue weighted by molar-refractivity contribution is -0.133. The van der Waals surface area contributed by atoms with E-state index in [1.165, 1.54) is 12.8 Å². The average molecular weight is 402 g/mol. The number of fused-ring (bicyclic) bond motifs is 2. The molecule has 2 aliphatic carbocycles. The van der Waals surface area contributed by atoms with Gasteiger partial charge in [-0.2, -0.15) is 0 Å². The summed E-state index contributed by atoms with van der Waals surface area (Å²) in [6, 6.07) is 7.81. The molecule has 1 N–H and O–H groups in total. The molecule has 2 amide bonds. The van der Waals surface area contributed by atoms with Gasteiger partial charge in [0.2, 0.25) is 11.8 Å². The lowest BCUT2D eigenvalue weighted by atomic mass is 9.93. The van der Waals surface area contributed by atoms with Gasteiger partial charge in [0, 0.05) is 56.3 Å². The molecule has 4 rings (SSSR count). The number of hydrogen-bond donors (Lipinski definition) is 1. The molecular formula is C22H28ClN3O2. The lowest BCUT2D eigenvalue weighted by Crippen LogP contribution is -2.49. The summed E-state index contributed by atoms with van der Waals surface area (Å²) in [4.78, 5) is 28.7. The van der Waals surface area contributed by atoms with Gasteiger partial charge in [-0.1, -0.05) is 29.8 Å². The molecule has 6 heteroatoms. The van der Waals surface area contributed by atoms with Gasteiger partial charge in [0.1, 0.15) is 0 Å². The van der Waals surface area contributed by atoms with Crippen LogP contribution < -0.4 is 10.2 Å². The van der Waals surface area contributed by atoms with E-state index in [1.54, 1.807) is 0 Å². The van der Waals surface area contributed by atoms with Crippen LogP contribution in [0, 0.1) is 17.8 Å². The number of rotatable bonds is 6. The zero-order valence-corrected chi connectivity index (χ0v) is 16.9. The first kappa shape index (κ1) is 19.3. The van der Waals surface area contributed by atoms with Crippen LogP contribution in [0.25, 0.3) is 0 Å². The minimum absolute atomic E-state index is 0.00216. The van der Waals surface area contributed by atoms with Gasteiger partial charge in [0.25, 0.3) is 0 Å². The Hall–Kier alpha value is -2.01. The first-order chi connectivity index (χ1) is 13.6. The standard InChI is InChI=1S/C22H28ClN3O2/c23-19-2-1-3-20(14-19)25-8-10-26(11-9-25)22(28)7-6-21(27)24-15-18-13-16-4-5-17(18)12-16/h1-5,14,16-18H,6-13,15H2,(H,24,27)/t16-,17-,18+/m0/s1. The van der Waals surface area contributed by atoms with Gasteiger partial charge in [-0.05, 0) is 48.8 Å². The van der Waals surface area contributed by atoms with E-state index >= 15 is 0 Å². The first-order valence-electron chi connectivity index (χ1n) is 10.3. The zero-order chi connectivity index (χ0) is 19.5. The Morgan fingerprint density at radius 2 is 1.89 bits per heavy atom. The van der Waals surface area contributed by atoms with Crippen LogP contribution in [0.4, 0.5) is 5.69 Å². The Balaban J connectivity index is 1.15. The number of halogens is 1. The fraction of sp³-hybridized carbons (Fsp3) is 0.545. The second-order valence-corrected chi connectivity index (χ2v) is 8.63. The largest absolute Gasteiger partial charge is 0.368 e. The molecule has 0 aromatic heterocycles. The topological polar surface area (TPSA) is 52.7 Å². The summed E-state index contributed by atoms with van der Waals surface area (Å²) in [6.07, 6.45) is 7.63. The number of anilines is 1. The highest BCUT2D eigenvalue weighted by Crippen LogP contribution is 2.42.